The Morgan fingerprint density at radius 1 is 1.10 bits per heavy atom. The van der Waals surface area contributed by atoms with Gasteiger partial charge in [-0.15, -0.1) is 0 Å². The van der Waals surface area contributed by atoms with Crippen LogP contribution in [0.3, 0.4) is 0 Å². The smallest absolute Gasteiger partial charge is 0.215 e. The average Bonchev–Trinajstić information content (AvgIpc) is 2.43. The molecule has 0 aliphatic heterocycles. The van der Waals surface area contributed by atoms with E-state index in [2.05, 4.69) is 51.3 Å². The number of rotatable bonds is 4. The van der Waals surface area contributed by atoms with Gasteiger partial charge in [-0.25, -0.2) is 0 Å². The molecule has 0 aromatic rings. The fourth-order valence-corrected chi connectivity index (χ4v) is 2.56. The minimum Gasteiger partial charge on any atom is -0.474 e. The van der Waals surface area contributed by atoms with E-state index < -0.39 is 0 Å². The molecule has 3 nitrogen and oxygen atoms in total. The topological polar surface area (TPSA) is 24.8 Å². The second-order valence-electron chi connectivity index (χ2n) is 6.14. The van der Waals surface area contributed by atoms with Crippen LogP contribution in [0.25, 0.3) is 0 Å². The van der Waals surface area contributed by atoms with E-state index in [4.69, 9.17) is 4.74 Å². The van der Waals surface area contributed by atoms with Crippen LogP contribution in [0.2, 0.25) is 0 Å². The molecule has 0 unspecified atom stereocenters. The first-order chi connectivity index (χ1) is 9.36. The van der Waals surface area contributed by atoms with Crippen LogP contribution >= 0.6 is 0 Å². The van der Waals surface area contributed by atoms with Gasteiger partial charge in [0.05, 0.1) is 0 Å². The third kappa shape index (κ3) is 4.48. The van der Waals surface area contributed by atoms with Gasteiger partial charge in [-0.1, -0.05) is 12.2 Å². The van der Waals surface area contributed by atoms with Crippen LogP contribution in [0, 0.1) is 0 Å². The zero-order valence-electron chi connectivity index (χ0n) is 14.0. The average molecular weight is 278 g/mol. The van der Waals surface area contributed by atoms with E-state index in [1.165, 1.54) is 24.0 Å². The monoisotopic (exact) mass is 278 g/mol. The van der Waals surface area contributed by atoms with E-state index in [9.17, 15) is 0 Å². The number of allylic oxidation sites excluding steroid dienone is 1. The van der Waals surface area contributed by atoms with Crippen LogP contribution < -0.4 is 0 Å². The Morgan fingerprint density at radius 2 is 1.65 bits per heavy atom. The van der Waals surface area contributed by atoms with Crippen molar-refractivity contribution in [3.63, 3.8) is 0 Å². The highest BCUT2D eigenvalue weighted by Crippen LogP contribution is 2.25. The van der Waals surface area contributed by atoms with Crippen LogP contribution in [-0.4, -0.2) is 44.1 Å². The second-order valence-corrected chi connectivity index (χ2v) is 6.14. The second kappa shape index (κ2) is 7.63. The molecule has 1 aliphatic rings. The predicted molar refractivity (Wildman–Crippen MR) is 87.4 cm³/mol. The number of nitrogens with zero attached hydrogens (tertiary/aromatic N) is 2. The molecule has 0 spiro atoms. The maximum Gasteiger partial charge on any atom is 0.215 e. The molecule has 0 bridgehead atoms. The Morgan fingerprint density at radius 3 is 2.05 bits per heavy atom. The largest absolute Gasteiger partial charge is 0.474 e. The maximum absolute atomic E-state index is 6.10. The van der Waals surface area contributed by atoms with Gasteiger partial charge in [0, 0.05) is 18.7 Å². The molecule has 3 heteroatoms. The molecule has 1 fully saturated rings. The summed E-state index contributed by atoms with van der Waals surface area (Å²) in [5, 5.41) is 0. The van der Waals surface area contributed by atoms with E-state index >= 15 is 0 Å². The Balaban J connectivity index is 2.60. The van der Waals surface area contributed by atoms with Gasteiger partial charge in [0.1, 0.15) is 6.10 Å². The standard InChI is InChI=1S/C17H30N2O/c1-12(2)13(3)14(4)17(18-5)20-16-10-8-15(9-11-16)19(6)7/h15-16H,4,8-11H2,1-3,5-7H3/b18-17+/t15-,16-. The first-order valence-corrected chi connectivity index (χ1v) is 7.50. The lowest BCUT2D eigenvalue weighted by Crippen LogP contribution is -2.35. The van der Waals surface area contributed by atoms with Gasteiger partial charge in [0.2, 0.25) is 5.90 Å². The normalized spacial score (nSPS) is 23.6. The summed E-state index contributed by atoms with van der Waals surface area (Å²) in [4.78, 5) is 6.61. The summed E-state index contributed by atoms with van der Waals surface area (Å²) in [6.07, 6.45) is 4.88. The van der Waals surface area contributed by atoms with Gasteiger partial charge in [0.15, 0.2) is 0 Å². The Hall–Kier alpha value is -1.09. The van der Waals surface area contributed by atoms with Crippen molar-refractivity contribution < 1.29 is 4.74 Å². The number of ether oxygens (including phenoxy) is 1. The fraction of sp³-hybridized carbons (Fsp3) is 0.706. The molecule has 1 rings (SSSR count). The molecule has 20 heavy (non-hydrogen) atoms. The first kappa shape index (κ1) is 17.0. The summed E-state index contributed by atoms with van der Waals surface area (Å²) >= 11 is 0. The van der Waals surface area contributed by atoms with Gasteiger partial charge in [-0.05, 0) is 66.1 Å². The lowest BCUT2D eigenvalue weighted by Gasteiger charge is -2.33. The molecule has 0 radical (unpaired) electrons. The molecule has 0 N–H and O–H groups in total. The number of hydrogen-bond donors (Lipinski definition) is 0. The van der Waals surface area contributed by atoms with E-state index in [-0.39, 0.29) is 6.10 Å². The quantitative estimate of drug-likeness (QED) is 0.444. The fourth-order valence-electron chi connectivity index (χ4n) is 2.56. The zero-order valence-corrected chi connectivity index (χ0v) is 14.0. The summed E-state index contributed by atoms with van der Waals surface area (Å²) < 4.78 is 6.10. The van der Waals surface area contributed by atoms with Crippen LogP contribution in [0.1, 0.15) is 46.5 Å². The molecule has 0 heterocycles. The molecule has 0 atom stereocenters. The lowest BCUT2D eigenvalue weighted by atomic mass is 9.92. The van der Waals surface area contributed by atoms with E-state index in [1.54, 1.807) is 7.05 Å². The summed E-state index contributed by atoms with van der Waals surface area (Å²) in [6, 6.07) is 0.694. The molecule has 1 aliphatic carbocycles. The summed E-state index contributed by atoms with van der Waals surface area (Å²) in [5.74, 6) is 0.706. The van der Waals surface area contributed by atoms with Gasteiger partial charge < -0.3 is 9.64 Å². The Bertz CT molecular complexity index is 395. The first-order valence-electron chi connectivity index (χ1n) is 7.50. The predicted octanol–water partition coefficient (Wildman–Crippen LogP) is 3.82. The van der Waals surface area contributed by atoms with Gasteiger partial charge in [-0.2, -0.15) is 0 Å². The van der Waals surface area contributed by atoms with Crippen LogP contribution in [-0.2, 0) is 4.74 Å². The molecule has 0 saturated heterocycles. The summed E-state index contributed by atoms with van der Waals surface area (Å²) in [7, 11) is 6.10. The van der Waals surface area contributed by atoms with Crippen LogP contribution in [0.5, 0.6) is 0 Å². The lowest BCUT2D eigenvalue weighted by molar-refractivity contribution is 0.103. The van der Waals surface area contributed by atoms with Crippen molar-refractivity contribution in [2.24, 2.45) is 4.99 Å². The van der Waals surface area contributed by atoms with Crippen molar-refractivity contribution in [3.8, 4) is 0 Å². The van der Waals surface area contributed by atoms with E-state index in [0.29, 0.717) is 11.9 Å². The number of hydrogen-bond acceptors (Lipinski definition) is 3. The molecular formula is C17H30N2O. The SMILES string of the molecule is C=C(C(C)=C(C)C)/C(=N\C)O[C@H]1CC[C@H](N(C)C)CC1. The van der Waals surface area contributed by atoms with Crippen molar-refractivity contribution in [1.29, 1.82) is 0 Å². The number of aliphatic imine (C=N–C) groups is 1. The minimum absolute atomic E-state index is 0.284. The van der Waals surface area contributed by atoms with Gasteiger partial charge in [0.25, 0.3) is 0 Å². The highest BCUT2D eigenvalue weighted by molar-refractivity contribution is 5.97. The van der Waals surface area contributed by atoms with Gasteiger partial charge in [-0.3, -0.25) is 4.99 Å². The molecule has 0 amide bonds. The third-order valence-electron chi connectivity index (χ3n) is 4.32. The third-order valence-corrected chi connectivity index (χ3v) is 4.32. The van der Waals surface area contributed by atoms with Crippen LogP contribution in [0.4, 0.5) is 0 Å². The maximum atomic E-state index is 6.10. The Kier molecular flexibility index (Phi) is 6.47. The summed E-state index contributed by atoms with van der Waals surface area (Å²) in [5.41, 5.74) is 3.35. The van der Waals surface area contributed by atoms with E-state index in [0.717, 1.165) is 18.4 Å². The van der Waals surface area contributed by atoms with Crippen molar-refractivity contribution >= 4 is 5.90 Å². The van der Waals surface area contributed by atoms with Crippen LogP contribution in [0.15, 0.2) is 28.3 Å². The Labute approximate surface area is 124 Å². The van der Waals surface area contributed by atoms with Crippen molar-refractivity contribution in [3.05, 3.63) is 23.3 Å². The summed E-state index contributed by atoms with van der Waals surface area (Å²) in [6.45, 7) is 10.4. The van der Waals surface area contributed by atoms with Crippen molar-refractivity contribution in [2.45, 2.75) is 58.6 Å². The van der Waals surface area contributed by atoms with Crippen molar-refractivity contribution in [1.82, 2.24) is 4.90 Å². The molecule has 1 saturated carbocycles. The highest BCUT2D eigenvalue weighted by atomic mass is 16.5. The molecule has 114 valence electrons. The molecule has 0 aromatic carbocycles. The minimum atomic E-state index is 0.284. The van der Waals surface area contributed by atoms with E-state index in [1.807, 2.05) is 0 Å². The molecule has 0 aromatic heterocycles. The zero-order chi connectivity index (χ0) is 15.3. The van der Waals surface area contributed by atoms with Crippen molar-refractivity contribution in [2.75, 3.05) is 21.1 Å². The van der Waals surface area contributed by atoms with Gasteiger partial charge >= 0.3 is 0 Å². The molecular weight excluding hydrogens is 248 g/mol. The highest BCUT2D eigenvalue weighted by Gasteiger charge is 2.25.